The number of rotatable bonds is 6. The first-order valence-electron chi connectivity index (χ1n) is 11.9. The maximum atomic E-state index is 13.5. The molecule has 0 aliphatic carbocycles. The molecular formula is C29H24N2O6S. The van der Waals surface area contributed by atoms with Crippen LogP contribution in [0.2, 0.25) is 0 Å². The fraction of sp³-hybridized carbons (Fsp3) is 0.172. The molecular weight excluding hydrogens is 504 g/mol. The van der Waals surface area contributed by atoms with Crippen molar-refractivity contribution in [1.82, 2.24) is 4.98 Å². The Morgan fingerprint density at radius 2 is 1.68 bits per heavy atom. The van der Waals surface area contributed by atoms with Gasteiger partial charge in [-0.15, -0.1) is 0 Å². The van der Waals surface area contributed by atoms with Crippen LogP contribution in [-0.4, -0.2) is 42.0 Å². The third-order valence-corrected chi connectivity index (χ3v) is 7.53. The zero-order chi connectivity index (χ0) is 27.0. The predicted molar refractivity (Wildman–Crippen MR) is 145 cm³/mol. The van der Waals surface area contributed by atoms with Gasteiger partial charge in [-0.1, -0.05) is 36.5 Å². The Balaban J connectivity index is 1.68. The van der Waals surface area contributed by atoms with E-state index in [1.165, 1.54) is 30.5 Å². The summed E-state index contributed by atoms with van der Waals surface area (Å²) in [6.07, 6.45) is 0.849. The van der Waals surface area contributed by atoms with Crippen molar-refractivity contribution in [3.05, 3.63) is 94.6 Å². The Morgan fingerprint density at radius 3 is 2.32 bits per heavy atom. The van der Waals surface area contributed by atoms with Crippen LogP contribution in [-0.2, 0) is 20.7 Å². The number of esters is 1. The van der Waals surface area contributed by atoms with E-state index in [9.17, 15) is 19.5 Å². The number of fused-ring (bicyclic) bond motifs is 1. The molecule has 0 saturated carbocycles. The van der Waals surface area contributed by atoms with E-state index in [0.717, 1.165) is 16.7 Å². The minimum atomic E-state index is -0.963. The van der Waals surface area contributed by atoms with Crippen molar-refractivity contribution in [1.29, 1.82) is 0 Å². The van der Waals surface area contributed by atoms with Crippen LogP contribution in [0.5, 0.6) is 5.75 Å². The maximum absolute atomic E-state index is 13.5. The van der Waals surface area contributed by atoms with Gasteiger partial charge >= 0.3 is 11.9 Å². The van der Waals surface area contributed by atoms with E-state index in [1.54, 1.807) is 48.5 Å². The van der Waals surface area contributed by atoms with E-state index in [0.29, 0.717) is 33.1 Å². The van der Waals surface area contributed by atoms with Crippen LogP contribution >= 0.6 is 11.3 Å². The fourth-order valence-corrected chi connectivity index (χ4v) is 5.50. The number of aromatic nitrogens is 1. The van der Waals surface area contributed by atoms with E-state index < -0.39 is 23.7 Å². The smallest absolute Gasteiger partial charge is 0.337 e. The summed E-state index contributed by atoms with van der Waals surface area (Å²) in [5.74, 6) is -1.87. The van der Waals surface area contributed by atoms with Gasteiger partial charge in [0, 0.05) is 5.56 Å². The van der Waals surface area contributed by atoms with Gasteiger partial charge in [-0.3, -0.25) is 14.5 Å². The molecule has 38 heavy (non-hydrogen) atoms. The first-order valence-corrected chi connectivity index (χ1v) is 12.7. The normalized spacial score (nSPS) is 16.7. The summed E-state index contributed by atoms with van der Waals surface area (Å²) in [6.45, 7) is 2.05. The molecule has 4 aromatic rings. The van der Waals surface area contributed by atoms with E-state index in [4.69, 9.17) is 9.47 Å². The van der Waals surface area contributed by atoms with Gasteiger partial charge in [0.05, 0.1) is 41.6 Å². The molecule has 5 rings (SSSR count). The van der Waals surface area contributed by atoms with Gasteiger partial charge in [-0.2, -0.15) is 0 Å². The highest BCUT2D eigenvalue weighted by atomic mass is 32.1. The topological polar surface area (TPSA) is 106 Å². The summed E-state index contributed by atoms with van der Waals surface area (Å²) < 4.78 is 10.9. The number of carbonyl (C=O) groups excluding carboxylic acids is 3. The molecule has 8 nitrogen and oxygen atoms in total. The third kappa shape index (κ3) is 4.31. The lowest BCUT2D eigenvalue weighted by Crippen LogP contribution is -2.29. The van der Waals surface area contributed by atoms with Crippen LogP contribution in [0.15, 0.2) is 72.3 Å². The molecule has 1 atom stereocenters. The van der Waals surface area contributed by atoms with Gasteiger partial charge in [-0.25, -0.2) is 9.78 Å². The van der Waals surface area contributed by atoms with E-state index in [-0.39, 0.29) is 11.3 Å². The van der Waals surface area contributed by atoms with Crippen molar-refractivity contribution in [2.45, 2.75) is 19.4 Å². The number of aryl methyl sites for hydroxylation is 1. The molecule has 1 aliphatic heterocycles. The Labute approximate surface area is 222 Å². The first-order chi connectivity index (χ1) is 18.4. The number of thiazole rings is 1. The van der Waals surface area contributed by atoms with E-state index >= 15 is 0 Å². The number of anilines is 1. The number of aliphatic hydroxyl groups excluding tert-OH is 1. The Kier molecular flexibility index (Phi) is 6.69. The molecule has 2 heterocycles. The van der Waals surface area contributed by atoms with Crippen LogP contribution in [0.3, 0.4) is 0 Å². The predicted octanol–water partition coefficient (Wildman–Crippen LogP) is 5.28. The number of ether oxygens (including phenoxy) is 2. The molecule has 0 spiro atoms. The quantitative estimate of drug-likeness (QED) is 0.157. The molecule has 0 radical (unpaired) electrons. The first kappa shape index (κ1) is 25.2. The molecule has 9 heteroatoms. The number of nitrogens with zero attached hydrogens (tertiary/aromatic N) is 2. The minimum Gasteiger partial charge on any atom is -0.507 e. The number of ketones is 1. The number of hydrogen-bond donors (Lipinski definition) is 1. The van der Waals surface area contributed by atoms with Crippen LogP contribution in [0.25, 0.3) is 16.0 Å². The molecule has 0 bridgehead atoms. The third-order valence-electron chi connectivity index (χ3n) is 6.51. The van der Waals surface area contributed by atoms with Gasteiger partial charge in [0.1, 0.15) is 11.5 Å². The van der Waals surface area contributed by atoms with Crippen molar-refractivity contribution in [2.75, 3.05) is 19.1 Å². The number of carbonyl (C=O) groups is 3. The highest BCUT2D eigenvalue weighted by molar-refractivity contribution is 7.22. The lowest BCUT2D eigenvalue weighted by molar-refractivity contribution is -0.132. The molecule has 1 aliphatic rings. The molecule has 1 fully saturated rings. The molecule has 0 unspecified atom stereocenters. The average Bonchev–Trinajstić information content (AvgIpc) is 3.49. The highest BCUT2D eigenvalue weighted by Gasteiger charge is 2.48. The minimum absolute atomic E-state index is 0.0699. The number of hydrogen-bond acceptors (Lipinski definition) is 8. The van der Waals surface area contributed by atoms with Gasteiger partial charge in [0.15, 0.2) is 5.13 Å². The average molecular weight is 529 g/mol. The zero-order valence-electron chi connectivity index (χ0n) is 20.9. The molecule has 1 aromatic heterocycles. The number of amides is 1. The van der Waals surface area contributed by atoms with Gasteiger partial charge in [0.25, 0.3) is 5.78 Å². The zero-order valence-corrected chi connectivity index (χ0v) is 21.7. The van der Waals surface area contributed by atoms with E-state index in [1.807, 2.05) is 18.2 Å². The molecule has 3 aromatic carbocycles. The fourth-order valence-electron chi connectivity index (χ4n) is 4.45. The standard InChI is InChI=1S/C29H24N2O6S/c1-4-16-5-14-21-22(15-16)38-29(30-21)31-24(17-6-8-19(9-7-17)28(35)37-3)23(26(33)27(31)34)25(32)18-10-12-20(36-2)13-11-18/h5-15,24,32H,4H2,1-3H3/t24-/m0/s1. The summed E-state index contributed by atoms with van der Waals surface area (Å²) in [5, 5.41) is 11.6. The van der Waals surface area contributed by atoms with E-state index in [2.05, 4.69) is 11.9 Å². The Bertz CT molecular complexity index is 1590. The number of benzene rings is 3. The summed E-state index contributed by atoms with van der Waals surface area (Å²) in [6, 6.07) is 17.9. The van der Waals surface area contributed by atoms with Crippen molar-refractivity contribution >= 4 is 50.1 Å². The van der Waals surface area contributed by atoms with Crippen LogP contribution in [0.4, 0.5) is 5.13 Å². The Morgan fingerprint density at radius 1 is 1.00 bits per heavy atom. The molecule has 1 amide bonds. The second-order valence-electron chi connectivity index (χ2n) is 8.66. The van der Waals surface area contributed by atoms with Crippen LogP contribution < -0.4 is 9.64 Å². The van der Waals surface area contributed by atoms with Crippen LogP contribution in [0, 0.1) is 0 Å². The monoisotopic (exact) mass is 528 g/mol. The maximum Gasteiger partial charge on any atom is 0.337 e. The second kappa shape index (κ2) is 10.1. The lowest BCUT2D eigenvalue weighted by atomic mass is 9.94. The summed E-state index contributed by atoms with van der Waals surface area (Å²) >= 11 is 1.30. The molecule has 1 N–H and O–H groups in total. The van der Waals surface area contributed by atoms with Gasteiger partial charge in [0.2, 0.25) is 0 Å². The lowest BCUT2D eigenvalue weighted by Gasteiger charge is -2.23. The summed E-state index contributed by atoms with van der Waals surface area (Å²) in [7, 11) is 2.82. The molecule has 1 saturated heterocycles. The number of methoxy groups -OCH3 is 2. The summed E-state index contributed by atoms with van der Waals surface area (Å²) in [5.41, 5.74) is 2.97. The molecule has 192 valence electrons. The van der Waals surface area contributed by atoms with Crippen molar-refractivity contribution < 1.29 is 29.0 Å². The van der Waals surface area contributed by atoms with Gasteiger partial charge in [-0.05, 0) is 66.1 Å². The van der Waals surface area contributed by atoms with Gasteiger partial charge < -0.3 is 14.6 Å². The van der Waals surface area contributed by atoms with Crippen molar-refractivity contribution in [2.24, 2.45) is 0 Å². The SMILES string of the molecule is CCc1ccc2nc(N3C(=O)C(=O)C(=C(O)c4ccc(OC)cc4)[C@@H]3c3ccc(C(=O)OC)cc3)sc2c1. The van der Waals surface area contributed by atoms with Crippen molar-refractivity contribution in [3.8, 4) is 5.75 Å². The Hall–Kier alpha value is -4.50. The number of Topliss-reactive ketones (excluding diaryl/α,β-unsaturated/α-hetero) is 1. The number of aliphatic hydroxyl groups is 1. The largest absolute Gasteiger partial charge is 0.507 e. The van der Waals surface area contributed by atoms with Crippen molar-refractivity contribution in [3.63, 3.8) is 0 Å². The second-order valence-corrected chi connectivity index (χ2v) is 9.67. The highest BCUT2D eigenvalue weighted by Crippen LogP contribution is 2.44. The van der Waals surface area contributed by atoms with Crippen LogP contribution in [0.1, 0.15) is 40.0 Å². The summed E-state index contributed by atoms with van der Waals surface area (Å²) in [4.78, 5) is 44.8.